The molecule has 0 saturated carbocycles. The van der Waals surface area contributed by atoms with Gasteiger partial charge in [0.2, 0.25) is 5.91 Å². The highest BCUT2D eigenvalue weighted by Crippen LogP contribution is 2.15. The average Bonchev–Trinajstić information content (AvgIpc) is 2.29. The van der Waals surface area contributed by atoms with Crippen LogP contribution in [0.4, 0.5) is 5.69 Å². The van der Waals surface area contributed by atoms with Crippen molar-refractivity contribution in [3.05, 3.63) is 29.3 Å². The summed E-state index contributed by atoms with van der Waals surface area (Å²) in [6, 6.07) is 5.03. The first-order valence-corrected chi connectivity index (χ1v) is 5.89. The molecule has 0 spiro atoms. The van der Waals surface area contributed by atoms with Crippen molar-refractivity contribution in [3.63, 3.8) is 0 Å². The first kappa shape index (κ1) is 14.0. The van der Waals surface area contributed by atoms with E-state index in [2.05, 4.69) is 10.6 Å². The number of nitrogens with one attached hydrogen (secondary N) is 2. The average molecular weight is 250 g/mol. The standard InChI is InChI=1S/C13H18N2O3/c1-3-14-12(16)6-7-15-10-4-5-11(13(17)18)9(2)8-10/h4-5,8,15H,3,6-7H2,1-2H3,(H,14,16)(H,17,18). The lowest BCUT2D eigenvalue weighted by Gasteiger charge is -2.08. The van der Waals surface area contributed by atoms with E-state index < -0.39 is 5.97 Å². The van der Waals surface area contributed by atoms with Gasteiger partial charge in [-0.3, -0.25) is 4.79 Å². The molecular formula is C13H18N2O3. The third-order valence-electron chi connectivity index (χ3n) is 2.51. The molecule has 1 amide bonds. The zero-order valence-corrected chi connectivity index (χ0v) is 10.6. The quantitative estimate of drug-likeness (QED) is 0.717. The SMILES string of the molecule is CCNC(=O)CCNc1ccc(C(=O)O)c(C)c1. The normalized spacial score (nSPS) is 9.89. The van der Waals surface area contributed by atoms with Crippen LogP contribution in [-0.2, 0) is 4.79 Å². The van der Waals surface area contributed by atoms with Gasteiger partial charge in [-0.15, -0.1) is 0 Å². The van der Waals surface area contributed by atoms with Gasteiger partial charge in [-0.1, -0.05) is 0 Å². The van der Waals surface area contributed by atoms with E-state index in [4.69, 9.17) is 5.11 Å². The molecule has 1 aromatic carbocycles. The second kappa shape index (κ2) is 6.64. The molecular weight excluding hydrogens is 232 g/mol. The van der Waals surface area contributed by atoms with Crippen molar-refractivity contribution in [1.82, 2.24) is 5.32 Å². The van der Waals surface area contributed by atoms with E-state index in [1.54, 1.807) is 25.1 Å². The molecule has 0 aliphatic heterocycles. The number of hydrogen-bond donors (Lipinski definition) is 3. The number of aryl methyl sites for hydroxylation is 1. The van der Waals surface area contributed by atoms with Crippen molar-refractivity contribution in [2.75, 3.05) is 18.4 Å². The first-order chi connectivity index (χ1) is 8.54. The van der Waals surface area contributed by atoms with Crippen LogP contribution in [0.1, 0.15) is 29.3 Å². The van der Waals surface area contributed by atoms with Gasteiger partial charge in [-0.05, 0) is 37.6 Å². The molecule has 3 N–H and O–H groups in total. The van der Waals surface area contributed by atoms with Crippen LogP contribution in [0.25, 0.3) is 0 Å². The molecule has 0 unspecified atom stereocenters. The van der Waals surface area contributed by atoms with E-state index >= 15 is 0 Å². The first-order valence-electron chi connectivity index (χ1n) is 5.89. The van der Waals surface area contributed by atoms with Gasteiger partial charge in [-0.25, -0.2) is 4.79 Å². The Kier molecular flexibility index (Phi) is 5.17. The molecule has 0 saturated heterocycles. The smallest absolute Gasteiger partial charge is 0.335 e. The Hall–Kier alpha value is -2.04. The lowest BCUT2D eigenvalue weighted by atomic mass is 10.1. The Morgan fingerprint density at radius 1 is 1.33 bits per heavy atom. The summed E-state index contributed by atoms with van der Waals surface area (Å²) in [4.78, 5) is 22.0. The molecule has 5 heteroatoms. The minimum atomic E-state index is -0.929. The number of rotatable bonds is 6. The lowest BCUT2D eigenvalue weighted by molar-refractivity contribution is -0.120. The van der Waals surface area contributed by atoms with Crippen molar-refractivity contribution < 1.29 is 14.7 Å². The highest BCUT2D eigenvalue weighted by Gasteiger charge is 2.07. The lowest BCUT2D eigenvalue weighted by Crippen LogP contribution is -2.24. The van der Waals surface area contributed by atoms with Crippen LogP contribution in [0.2, 0.25) is 0 Å². The molecule has 0 aliphatic rings. The van der Waals surface area contributed by atoms with Crippen molar-refractivity contribution >= 4 is 17.6 Å². The fourth-order valence-corrected chi connectivity index (χ4v) is 1.62. The molecule has 0 fully saturated rings. The number of benzene rings is 1. The predicted octanol–water partition coefficient (Wildman–Crippen LogP) is 1.63. The monoisotopic (exact) mass is 250 g/mol. The van der Waals surface area contributed by atoms with E-state index in [1.165, 1.54) is 0 Å². The van der Waals surface area contributed by atoms with Crippen molar-refractivity contribution in [2.24, 2.45) is 0 Å². The van der Waals surface area contributed by atoms with Crippen LogP contribution in [0.3, 0.4) is 0 Å². The minimum absolute atomic E-state index is 0.00359. The molecule has 1 rings (SSSR count). The molecule has 98 valence electrons. The topological polar surface area (TPSA) is 78.4 Å². The maximum absolute atomic E-state index is 11.2. The summed E-state index contributed by atoms with van der Waals surface area (Å²) in [6.45, 7) is 4.78. The minimum Gasteiger partial charge on any atom is -0.478 e. The number of carboxylic acids is 1. The van der Waals surface area contributed by atoms with Crippen LogP contribution >= 0.6 is 0 Å². The van der Waals surface area contributed by atoms with Crippen molar-refractivity contribution in [1.29, 1.82) is 0 Å². The number of carboxylic acid groups (broad SMARTS) is 1. The molecule has 0 atom stereocenters. The van der Waals surface area contributed by atoms with E-state index in [0.29, 0.717) is 30.6 Å². The summed E-state index contributed by atoms with van der Waals surface area (Å²) >= 11 is 0. The van der Waals surface area contributed by atoms with Crippen LogP contribution in [0.5, 0.6) is 0 Å². The third kappa shape index (κ3) is 4.08. The fourth-order valence-electron chi connectivity index (χ4n) is 1.62. The predicted molar refractivity (Wildman–Crippen MR) is 69.9 cm³/mol. The number of carbonyl (C=O) groups is 2. The van der Waals surface area contributed by atoms with Crippen LogP contribution in [0.15, 0.2) is 18.2 Å². The summed E-state index contributed by atoms with van der Waals surface area (Å²) in [7, 11) is 0. The number of hydrogen-bond acceptors (Lipinski definition) is 3. The van der Waals surface area contributed by atoms with Gasteiger partial charge < -0.3 is 15.7 Å². The second-order valence-corrected chi connectivity index (χ2v) is 3.97. The molecule has 0 bridgehead atoms. The summed E-state index contributed by atoms with van der Waals surface area (Å²) < 4.78 is 0. The van der Waals surface area contributed by atoms with Gasteiger partial charge in [0.1, 0.15) is 0 Å². The molecule has 0 heterocycles. The van der Waals surface area contributed by atoms with E-state index in [1.807, 2.05) is 6.92 Å². The Morgan fingerprint density at radius 2 is 2.06 bits per heavy atom. The van der Waals surface area contributed by atoms with Crippen LogP contribution < -0.4 is 10.6 Å². The summed E-state index contributed by atoms with van der Waals surface area (Å²) in [5.74, 6) is -0.926. The molecule has 0 aliphatic carbocycles. The molecule has 0 radical (unpaired) electrons. The third-order valence-corrected chi connectivity index (χ3v) is 2.51. The highest BCUT2D eigenvalue weighted by molar-refractivity contribution is 5.89. The van der Waals surface area contributed by atoms with Crippen molar-refractivity contribution in [2.45, 2.75) is 20.3 Å². The fraction of sp³-hybridized carbons (Fsp3) is 0.385. The van der Waals surface area contributed by atoms with E-state index in [-0.39, 0.29) is 5.91 Å². The maximum atomic E-state index is 11.2. The highest BCUT2D eigenvalue weighted by atomic mass is 16.4. The van der Waals surface area contributed by atoms with Gasteiger partial charge in [0.15, 0.2) is 0 Å². The molecule has 5 nitrogen and oxygen atoms in total. The largest absolute Gasteiger partial charge is 0.478 e. The number of anilines is 1. The van der Waals surface area contributed by atoms with E-state index in [0.717, 1.165) is 5.69 Å². The summed E-state index contributed by atoms with van der Waals surface area (Å²) in [6.07, 6.45) is 0.396. The van der Waals surface area contributed by atoms with Gasteiger partial charge in [-0.2, -0.15) is 0 Å². The van der Waals surface area contributed by atoms with E-state index in [9.17, 15) is 9.59 Å². The second-order valence-electron chi connectivity index (χ2n) is 3.97. The number of amides is 1. The molecule has 0 aromatic heterocycles. The number of carbonyl (C=O) groups excluding carboxylic acids is 1. The van der Waals surface area contributed by atoms with Crippen LogP contribution in [0, 0.1) is 6.92 Å². The number of aromatic carboxylic acids is 1. The van der Waals surface area contributed by atoms with Gasteiger partial charge in [0, 0.05) is 25.2 Å². The Balaban J connectivity index is 2.51. The van der Waals surface area contributed by atoms with Gasteiger partial charge in [0.05, 0.1) is 5.56 Å². The molecule has 1 aromatic rings. The van der Waals surface area contributed by atoms with Gasteiger partial charge in [0.25, 0.3) is 0 Å². The Bertz CT molecular complexity index is 444. The zero-order valence-electron chi connectivity index (χ0n) is 10.6. The Morgan fingerprint density at radius 3 is 2.61 bits per heavy atom. The summed E-state index contributed by atoms with van der Waals surface area (Å²) in [5, 5.41) is 14.7. The zero-order chi connectivity index (χ0) is 13.5. The Labute approximate surface area is 106 Å². The van der Waals surface area contributed by atoms with Crippen LogP contribution in [-0.4, -0.2) is 30.1 Å². The van der Waals surface area contributed by atoms with Gasteiger partial charge >= 0.3 is 5.97 Å². The maximum Gasteiger partial charge on any atom is 0.335 e. The van der Waals surface area contributed by atoms with Crippen molar-refractivity contribution in [3.8, 4) is 0 Å². The molecule has 18 heavy (non-hydrogen) atoms. The summed E-state index contributed by atoms with van der Waals surface area (Å²) in [5.41, 5.74) is 1.82.